The lowest BCUT2D eigenvalue weighted by Gasteiger charge is -2.13. The van der Waals surface area contributed by atoms with Gasteiger partial charge < -0.3 is 0 Å². The fourth-order valence-corrected chi connectivity index (χ4v) is 4.67. The Labute approximate surface area is 183 Å². The zero-order chi connectivity index (χ0) is 20.4. The minimum Gasteiger partial charge on any atom is -0.295 e. The molecule has 29 heavy (non-hydrogen) atoms. The smallest absolute Gasteiger partial charge is 0.280 e. The lowest BCUT2D eigenvalue weighted by molar-refractivity contribution is 0.0983. The zero-order valence-corrected chi connectivity index (χ0v) is 18.4. The van der Waals surface area contributed by atoms with Crippen molar-refractivity contribution in [2.45, 2.75) is 6.92 Å². The number of Topliss-reactive ketones (excluding diaryl/α,β-unsaturated/α-hetero) is 1. The van der Waals surface area contributed by atoms with Gasteiger partial charge in [-0.1, -0.05) is 45.5 Å². The number of hydrazone groups is 1. The van der Waals surface area contributed by atoms with E-state index in [1.54, 1.807) is 30.5 Å². The Bertz CT molecular complexity index is 1210. The maximum Gasteiger partial charge on any atom is 0.280 e. The van der Waals surface area contributed by atoms with Crippen LogP contribution in [0.2, 0.25) is 0 Å². The standard InChI is InChI=1S/C21H14BrN3O2S2/c1-13(26)14-4-6-15(7-5-14)20(27)25(23-12-17-3-2-10-28-17)21-24-18-9-8-16(22)11-19(18)29-21/h2-12H,1H3/b23-12+. The highest BCUT2D eigenvalue weighted by Crippen LogP contribution is 2.32. The Balaban J connectivity index is 1.74. The molecule has 8 heteroatoms. The predicted molar refractivity (Wildman–Crippen MR) is 122 cm³/mol. The Morgan fingerprint density at radius 1 is 1.10 bits per heavy atom. The van der Waals surface area contributed by atoms with E-state index in [1.165, 1.54) is 34.6 Å². The molecule has 5 nitrogen and oxygen atoms in total. The summed E-state index contributed by atoms with van der Waals surface area (Å²) in [7, 11) is 0. The van der Waals surface area contributed by atoms with Crippen molar-refractivity contribution in [2.75, 3.05) is 5.01 Å². The van der Waals surface area contributed by atoms with Gasteiger partial charge in [0.25, 0.3) is 5.91 Å². The van der Waals surface area contributed by atoms with Crippen LogP contribution in [-0.2, 0) is 0 Å². The monoisotopic (exact) mass is 483 g/mol. The predicted octanol–water partition coefficient (Wildman–Crippen LogP) is 6.00. The molecule has 2 aromatic carbocycles. The van der Waals surface area contributed by atoms with Crippen LogP contribution in [0.15, 0.2) is 69.6 Å². The van der Waals surface area contributed by atoms with Gasteiger partial charge in [-0.05, 0) is 48.7 Å². The number of fused-ring (bicyclic) bond motifs is 1. The highest BCUT2D eigenvalue weighted by Gasteiger charge is 2.21. The molecule has 0 fully saturated rings. The number of hydrogen-bond acceptors (Lipinski definition) is 6. The van der Waals surface area contributed by atoms with Crippen LogP contribution in [0, 0.1) is 0 Å². The topological polar surface area (TPSA) is 62.6 Å². The highest BCUT2D eigenvalue weighted by atomic mass is 79.9. The summed E-state index contributed by atoms with van der Waals surface area (Å²) in [5.74, 6) is -0.362. The molecule has 4 aromatic rings. The van der Waals surface area contributed by atoms with Gasteiger partial charge in [0.15, 0.2) is 5.78 Å². The molecule has 2 heterocycles. The van der Waals surface area contributed by atoms with Crippen LogP contribution in [0.25, 0.3) is 10.2 Å². The number of aromatic nitrogens is 1. The first kappa shape index (κ1) is 19.6. The molecule has 4 rings (SSSR count). The second kappa shape index (κ2) is 8.36. The van der Waals surface area contributed by atoms with Crippen molar-refractivity contribution >= 4 is 71.9 Å². The maximum atomic E-state index is 13.2. The van der Waals surface area contributed by atoms with Gasteiger partial charge in [0.2, 0.25) is 5.13 Å². The molecule has 1 amide bonds. The Hall–Kier alpha value is -2.68. The number of thiophene rings is 1. The van der Waals surface area contributed by atoms with Crippen LogP contribution in [0.3, 0.4) is 0 Å². The fourth-order valence-electron chi connectivity index (χ4n) is 2.61. The summed E-state index contributed by atoms with van der Waals surface area (Å²) in [6.45, 7) is 1.49. The van der Waals surface area contributed by atoms with Crippen molar-refractivity contribution in [3.8, 4) is 0 Å². The summed E-state index contributed by atoms with van der Waals surface area (Å²) < 4.78 is 1.89. The molecule has 0 unspecified atom stereocenters. The van der Waals surface area contributed by atoms with Crippen LogP contribution < -0.4 is 5.01 Å². The maximum absolute atomic E-state index is 13.2. The average Bonchev–Trinajstić information content (AvgIpc) is 3.37. The summed E-state index contributed by atoms with van der Waals surface area (Å²) in [4.78, 5) is 30.2. The number of benzene rings is 2. The molecule has 0 saturated heterocycles. The van der Waals surface area contributed by atoms with E-state index in [-0.39, 0.29) is 11.7 Å². The van der Waals surface area contributed by atoms with E-state index in [9.17, 15) is 9.59 Å². The third kappa shape index (κ3) is 4.34. The lowest BCUT2D eigenvalue weighted by Crippen LogP contribution is -2.25. The van der Waals surface area contributed by atoms with Crippen LogP contribution in [0.4, 0.5) is 5.13 Å². The van der Waals surface area contributed by atoms with E-state index < -0.39 is 0 Å². The molecule has 0 aliphatic heterocycles. The van der Waals surface area contributed by atoms with Crippen molar-refractivity contribution in [3.63, 3.8) is 0 Å². The lowest BCUT2D eigenvalue weighted by atomic mass is 10.1. The van der Waals surface area contributed by atoms with E-state index in [0.29, 0.717) is 16.3 Å². The first-order valence-corrected chi connectivity index (χ1v) is 11.1. The third-order valence-corrected chi connectivity index (χ3v) is 6.39. The summed E-state index contributed by atoms with van der Waals surface area (Å²) in [6.07, 6.45) is 1.65. The summed E-state index contributed by atoms with van der Waals surface area (Å²) in [6, 6.07) is 16.2. The fraction of sp³-hybridized carbons (Fsp3) is 0.0476. The Morgan fingerprint density at radius 3 is 2.55 bits per heavy atom. The van der Waals surface area contributed by atoms with Gasteiger partial charge in [-0.15, -0.1) is 11.3 Å². The van der Waals surface area contributed by atoms with Crippen LogP contribution >= 0.6 is 38.6 Å². The highest BCUT2D eigenvalue weighted by molar-refractivity contribution is 9.10. The second-order valence-corrected chi connectivity index (χ2v) is 9.02. The number of amides is 1. The van der Waals surface area contributed by atoms with E-state index >= 15 is 0 Å². The van der Waals surface area contributed by atoms with Crippen molar-refractivity contribution < 1.29 is 9.59 Å². The molecule has 0 atom stereocenters. The number of hydrogen-bond donors (Lipinski definition) is 0. The number of anilines is 1. The molecule has 2 aromatic heterocycles. The van der Waals surface area contributed by atoms with Gasteiger partial charge in [-0.3, -0.25) is 9.59 Å². The first-order chi connectivity index (χ1) is 14.0. The van der Waals surface area contributed by atoms with Gasteiger partial charge in [0.05, 0.1) is 16.4 Å². The van der Waals surface area contributed by atoms with Gasteiger partial charge >= 0.3 is 0 Å². The van der Waals surface area contributed by atoms with E-state index in [2.05, 4.69) is 26.0 Å². The van der Waals surface area contributed by atoms with Crippen LogP contribution in [0.1, 0.15) is 32.5 Å². The molecule has 0 bridgehead atoms. The van der Waals surface area contributed by atoms with Crippen molar-refractivity contribution in [3.05, 3.63) is 80.5 Å². The van der Waals surface area contributed by atoms with E-state index in [4.69, 9.17) is 0 Å². The van der Waals surface area contributed by atoms with Crippen molar-refractivity contribution in [1.29, 1.82) is 0 Å². The molecule has 0 radical (unpaired) electrons. The number of nitrogens with zero attached hydrogens (tertiary/aromatic N) is 3. The SMILES string of the molecule is CC(=O)c1ccc(C(=O)N(/N=C/c2cccs2)c2nc3ccc(Br)cc3s2)cc1. The molecular weight excluding hydrogens is 470 g/mol. The van der Waals surface area contributed by atoms with Gasteiger partial charge in [0, 0.05) is 20.5 Å². The molecule has 0 spiro atoms. The summed E-state index contributed by atoms with van der Waals surface area (Å²) in [5, 5.41) is 8.16. The zero-order valence-electron chi connectivity index (χ0n) is 15.2. The third-order valence-electron chi connectivity index (χ3n) is 4.09. The number of carbonyl (C=O) groups is 2. The Morgan fingerprint density at radius 2 is 1.86 bits per heavy atom. The normalized spacial score (nSPS) is 11.2. The van der Waals surface area contributed by atoms with Crippen LogP contribution in [0.5, 0.6) is 0 Å². The van der Waals surface area contributed by atoms with Gasteiger partial charge in [-0.25, -0.2) is 4.98 Å². The summed E-state index contributed by atoms with van der Waals surface area (Å²) >= 11 is 6.38. The second-order valence-electron chi connectivity index (χ2n) is 6.12. The van der Waals surface area contributed by atoms with Crippen molar-refractivity contribution in [2.24, 2.45) is 5.10 Å². The van der Waals surface area contributed by atoms with Gasteiger partial charge in [0.1, 0.15) is 0 Å². The minimum atomic E-state index is -0.314. The van der Waals surface area contributed by atoms with E-state index in [1.807, 2.05) is 35.7 Å². The average molecular weight is 484 g/mol. The number of ketones is 1. The number of halogens is 1. The number of rotatable bonds is 5. The largest absolute Gasteiger partial charge is 0.295 e. The van der Waals surface area contributed by atoms with Gasteiger partial charge in [-0.2, -0.15) is 10.1 Å². The molecule has 0 aliphatic rings. The van der Waals surface area contributed by atoms with E-state index in [0.717, 1.165) is 19.6 Å². The number of thiazole rings is 1. The Kier molecular flexibility index (Phi) is 5.66. The quantitative estimate of drug-likeness (QED) is 0.198. The molecule has 0 saturated carbocycles. The summed E-state index contributed by atoms with van der Waals surface area (Å²) in [5.41, 5.74) is 1.78. The number of carbonyl (C=O) groups excluding carboxylic acids is 2. The van der Waals surface area contributed by atoms with Crippen molar-refractivity contribution in [1.82, 2.24) is 4.98 Å². The van der Waals surface area contributed by atoms with Crippen LogP contribution in [-0.4, -0.2) is 22.9 Å². The molecule has 0 N–H and O–H groups in total. The molecular formula is C21H14BrN3O2S2. The minimum absolute atomic E-state index is 0.0479. The molecule has 0 aliphatic carbocycles. The molecule has 144 valence electrons. The first-order valence-electron chi connectivity index (χ1n) is 8.60.